The van der Waals surface area contributed by atoms with Crippen molar-refractivity contribution >= 4 is 33.2 Å². The van der Waals surface area contributed by atoms with E-state index >= 15 is 0 Å². The van der Waals surface area contributed by atoms with Crippen molar-refractivity contribution in [3.05, 3.63) is 20.8 Å². The van der Waals surface area contributed by atoms with Gasteiger partial charge in [-0.15, -0.1) is 11.3 Å². The lowest BCUT2D eigenvalue weighted by Crippen LogP contribution is -2.33. The van der Waals surface area contributed by atoms with Crippen molar-refractivity contribution < 1.29 is 15.0 Å². The zero-order valence-electron chi connectivity index (χ0n) is 8.11. The molecule has 0 aliphatic rings. The number of thiophene rings is 1. The Morgan fingerprint density at radius 3 is 2.73 bits per heavy atom. The Bertz CT molecular complexity index is 342. The third kappa shape index (κ3) is 3.90. The van der Waals surface area contributed by atoms with E-state index in [4.69, 9.17) is 0 Å². The SMILES string of the molecule is CC(=O)NCC(O)C(O)c1ccc(Br)s1. The summed E-state index contributed by atoms with van der Waals surface area (Å²) in [5, 5.41) is 21.7. The molecule has 1 heterocycles. The Kier molecular flexibility index (Phi) is 4.72. The molecule has 2 unspecified atom stereocenters. The number of aliphatic hydroxyl groups excluding tert-OH is 2. The summed E-state index contributed by atoms with van der Waals surface area (Å²) in [6.45, 7) is 1.41. The van der Waals surface area contributed by atoms with Gasteiger partial charge in [0, 0.05) is 18.3 Å². The molecule has 0 radical (unpaired) electrons. The maximum absolute atomic E-state index is 10.6. The van der Waals surface area contributed by atoms with Crippen LogP contribution in [-0.4, -0.2) is 28.8 Å². The minimum atomic E-state index is -0.987. The van der Waals surface area contributed by atoms with Crippen molar-refractivity contribution in [2.45, 2.75) is 19.1 Å². The number of aliphatic hydroxyl groups is 2. The number of carbonyl (C=O) groups is 1. The van der Waals surface area contributed by atoms with Crippen molar-refractivity contribution in [1.82, 2.24) is 5.32 Å². The molecule has 84 valence electrons. The molecule has 0 bridgehead atoms. The molecule has 0 fully saturated rings. The van der Waals surface area contributed by atoms with Crippen LogP contribution in [-0.2, 0) is 4.79 Å². The first kappa shape index (κ1) is 12.6. The van der Waals surface area contributed by atoms with Crippen LogP contribution in [0.4, 0.5) is 0 Å². The van der Waals surface area contributed by atoms with Gasteiger partial charge in [-0.3, -0.25) is 4.79 Å². The van der Waals surface area contributed by atoms with Crippen molar-refractivity contribution in [3.8, 4) is 0 Å². The van der Waals surface area contributed by atoms with Crippen molar-refractivity contribution in [2.24, 2.45) is 0 Å². The Hall–Kier alpha value is -0.430. The molecule has 3 N–H and O–H groups in total. The van der Waals surface area contributed by atoms with Gasteiger partial charge in [-0.25, -0.2) is 0 Å². The van der Waals surface area contributed by atoms with E-state index in [1.165, 1.54) is 18.3 Å². The molecule has 1 aromatic heterocycles. The molecule has 1 amide bonds. The van der Waals surface area contributed by atoms with E-state index in [-0.39, 0.29) is 12.5 Å². The van der Waals surface area contributed by atoms with Gasteiger partial charge in [0.25, 0.3) is 0 Å². The smallest absolute Gasteiger partial charge is 0.216 e. The highest BCUT2D eigenvalue weighted by atomic mass is 79.9. The minimum Gasteiger partial charge on any atom is -0.388 e. The molecule has 0 spiro atoms. The maximum atomic E-state index is 10.6. The van der Waals surface area contributed by atoms with Gasteiger partial charge in [0.1, 0.15) is 12.2 Å². The predicted octanol–water partition coefficient (Wildman–Crippen LogP) is 1.04. The Morgan fingerprint density at radius 2 is 2.27 bits per heavy atom. The second kappa shape index (κ2) is 5.60. The number of hydrogen-bond acceptors (Lipinski definition) is 4. The first-order valence-corrected chi connectivity index (χ1v) is 5.97. The fourth-order valence-electron chi connectivity index (χ4n) is 1.04. The molecule has 0 saturated carbocycles. The second-order valence-electron chi connectivity index (χ2n) is 3.09. The van der Waals surface area contributed by atoms with Crippen LogP contribution in [0, 0.1) is 0 Å². The predicted molar refractivity (Wildman–Crippen MR) is 61.7 cm³/mol. The fourth-order valence-corrected chi connectivity index (χ4v) is 2.50. The molecule has 0 aliphatic heterocycles. The van der Waals surface area contributed by atoms with E-state index < -0.39 is 12.2 Å². The summed E-state index contributed by atoms with van der Waals surface area (Å²) in [4.78, 5) is 11.3. The van der Waals surface area contributed by atoms with Crippen LogP contribution in [0.1, 0.15) is 17.9 Å². The number of rotatable bonds is 4. The standard InChI is InChI=1S/C9H12BrNO3S/c1-5(12)11-4-6(13)9(14)7-2-3-8(10)15-7/h2-3,6,9,13-14H,4H2,1H3,(H,11,12). The summed E-state index contributed by atoms with van der Waals surface area (Å²) < 4.78 is 0.892. The Labute approximate surface area is 100 Å². The Balaban J connectivity index is 2.52. The number of nitrogens with one attached hydrogen (secondary N) is 1. The lowest BCUT2D eigenvalue weighted by atomic mass is 10.1. The maximum Gasteiger partial charge on any atom is 0.216 e. The number of halogens is 1. The summed E-state index contributed by atoms with van der Waals surface area (Å²) in [6, 6.07) is 3.53. The van der Waals surface area contributed by atoms with Gasteiger partial charge in [-0.2, -0.15) is 0 Å². The van der Waals surface area contributed by atoms with Crippen LogP contribution < -0.4 is 5.32 Å². The zero-order chi connectivity index (χ0) is 11.4. The van der Waals surface area contributed by atoms with Crippen molar-refractivity contribution in [3.63, 3.8) is 0 Å². The fraction of sp³-hybridized carbons (Fsp3) is 0.444. The average Bonchev–Trinajstić information content (AvgIpc) is 2.60. The zero-order valence-corrected chi connectivity index (χ0v) is 10.5. The molecule has 0 aliphatic carbocycles. The highest BCUT2D eigenvalue weighted by molar-refractivity contribution is 9.11. The van der Waals surface area contributed by atoms with Crippen molar-refractivity contribution in [2.75, 3.05) is 6.54 Å². The molecular weight excluding hydrogens is 282 g/mol. The van der Waals surface area contributed by atoms with Gasteiger partial charge in [0.05, 0.1) is 3.79 Å². The highest BCUT2D eigenvalue weighted by Crippen LogP contribution is 2.28. The quantitative estimate of drug-likeness (QED) is 0.777. The minimum absolute atomic E-state index is 0.0476. The van der Waals surface area contributed by atoms with Crippen LogP contribution in [0.5, 0.6) is 0 Å². The Morgan fingerprint density at radius 1 is 1.60 bits per heavy atom. The molecule has 0 aromatic carbocycles. The molecule has 2 atom stereocenters. The number of amides is 1. The monoisotopic (exact) mass is 293 g/mol. The average molecular weight is 294 g/mol. The van der Waals surface area contributed by atoms with E-state index in [2.05, 4.69) is 21.2 Å². The number of hydrogen-bond donors (Lipinski definition) is 3. The summed E-state index contributed by atoms with van der Waals surface area (Å²) in [5.41, 5.74) is 0. The van der Waals surface area contributed by atoms with Crippen LogP contribution in [0.15, 0.2) is 15.9 Å². The largest absolute Gasteiger partial charge is 0.388 e. The molecule has 6 heteroatoms. The van der Waals surface area contributed by atoms with E-state index in [0.717, 1.165) is 3.79 Å². The summed E-state index contributed by atoms with van der Waals surface area (Å²) in [6.07, 6.45) is -1.95. The van der Waals surface area contributed by atoms with E-state index in [9.17, 15) is 15.0 Å². The lowest BCUT2D eigenvalue weighted by molar-refractivity contribution is -0.119. The van der Waals surface area contributed by atoms with Crippen molar-refractivity contribution in [1.29, 1.82) is 0 Å². The summed E-state index contributed by atoms with van der Waals surface area (Å²) in [7, 11) is 0. The van der Waals surface area contributed by atoms with Gasteiger partial charge in [0.15, 0.2) is 0 Å². The lowest BCUT2D eigenvalue weighted by Gasteiger charge is -2.16. The third-order valence-electron chi connectivity index (χ3n) is 1.81. The second-order valence-corrected chi connectivity index (χ2v) is 5.59. The van der Waals surface area contributed by atoms with Gasteiger partial charge in [0.2, 0.25) is 5.91 Å². The molecule has 15 heavy (non-hydrogen) atoms. The van der Waals surface area contributed by atoms with Gasteiger partial charge < -0.3 is 15.5 Å². The van der Waals surface area contributed by atoms with Gasteiger partial charge in [-0.1, -0.05) is 0 Å². The van der Waals surface area contributed by atoms with Gasteiger partial charge >= 0.3 is 0 Å². The molecule has 0 saturated heterocycles. The summed E-state index contributed by atoms with van der Waals surface area (Å²) >= 11 is 4.62. The van der Waals surface area contributed by atoms with E-state index in [1.807, 2.05) is 0 Å². The molecular formula is C9H12BrNO3S. The summed E-state index contributed by atoms with van der Waals surface area (Å²) in [5.74, 6) is -0.228. The number of carbonyl (C=O) groups excluding carboxylic acids is 1. The van der Waals surface area contributed by atoms with Crippen LogP contribution in [0.3, 0.4) is 0 Å². The molecule has 1 rings (SSSR count). The third-order valence-corrected chi connectivity index (χ3v) is 3.50. The first-order chi connectivity index (χ1) is 7.00. The van der Waals surface area contributed by atoms with E-state index in [0.29, 0.717) is 4.88 Å². The highest BCUT2D eigenvalue weighted by Gasteiger charge is 2.19. The molecule has 1 aromatic rings. The normalized spacial score (nSPS) is 14.7. The van der Waals surface area contributed by atoms with Gasteiger partial charge in [-0.05, 0) is 28.1 Å². The van der Waals surface area contributed by atoms with Crippen LogP contribution >= 0.6 is 27.3 Å². The molecule has 4 nitrogen and oxygen atoms in total. The first-order valence-electron chi connectivity index (χ1n) is 4.36. The van der Waals surface area contributed by atoms with Crippen LogP contribution in [0.2, 0.25) is 0 Å². The van der Waals surface area contributed by atoms with E-state index in [1.54, 1.807) is 12.1 Å². The van der Waals surface area contributed by atoms with Crippen LogP contribution in [0.25, 0.3) is 0 Å². The topological polar surface area (TPSA) is 69.6 Å².